The van der Waals surface area contributed by atoms with Crippen molar-refractivity contribution in [2.45, 2.75) is 49.8 Å². The van der Waals surface area contributed by atoms with Gasteiger partial charge in [-0.1, -0.05) is 30.3 Å². The van der Waals surface area contributed by atoms with Crippen molar-refractivity contribution in [3.8, 4) is 0 Å². The Morgan fingerprint density at radius 1 is 1.12 bits per heavy atom. The minimum absolute atomic E-state index is 0.0388. The van der Waals surface area contributed by atoms with E-state index in [1.807, 2.05) is 30.3 Å². The summed E-state index contributed by atoms with van der Waals surface area (Å²) in [6.45, 7) is 1.98. The molecule has 2 aromatic rings. The molecule has 3 rings (SSSR count). The summed E-state index contributed by atoms with van der Waals surface area (Å²) < 4.78 is 85.4. The van der Waals surface area contributed by atoms with E-state index in [9.17, 15) is 26.3 Å². The van der Waals surface area contributed by atoms with Gasteiger partial charge in [0.1, 0.15) is 0 Å². The molecule has 1 fully saturated rings. The molecule has 5 nitrogen and oxygen atoms in total. The van der Waals surface area contributed by atoms with Crippen LogP contribution in [0.2, 0.25) is 0 Å². The van der Waals surface area contributed by atoms with Gasteiger partial charge >= 0.3 is 12.4 Å². The van der Waals surface area contributed by atoms with Gasteiger partial charge in [0.2, 0.25) is 0 Å². The number of halogens is 6. The van der Waals surface area contributed by atoms with Crippen LogP contribution in [0.3, 0.4) is 0 Å². The van der Waals surface area contributed by atoms with Crippen LogP contribution in [0, 0.1) is 0 Å². The molecule has 0 radical (unpaired) electrons. The van der Waals surface area contributed by atoms with Gasteiger partial charge in [-0.25, -0.2) is 5.84 Å². The molecule has 1 aliphatic heterocycles. The Kier molecular flexibility index (Phi) is 7.89. The maximum atomic E-state index is 13.2. The molecule has 1 aliphatic rings. The highest BCUT2D eigenvalue weighted by Gasteiger charge is 2.39. The van der Waals surface area contributed by atoms with Crippen molar-refractivity contribution in [2.75, 3.05) is 13.2 Å². The predicted octanol–water partition coefficient (Wildman–Crippen LogP) is 4.94. The number of piperidine rings is 1. The molecule has 0 spiro atoms. The first kappa shape index (κ1) is 26.0. The molecular formula is C23H26F6N4O. The van der Waals surface area contributed by atoms with Crippen molar-refractivity contribution in [3.63, 3.8) is 0 Å². The lowest BCUT2D eigenvalue weighted by Crippen LogP contribution is -2.53. The topological polar surface area (TPSA) is 71.7 Å². The van der Waals surface area contributed by atoms with E-state index in [4.69, 9.17) is 10.6 Å². The summed E-state index contributed by atoms with van der Waals surface area (Å²) in [6.07, 6.45) is -8.18. The standard InChI is InChI=1S/C23H26F6N4O/c1-15(16-9-18(22(24,25)26)11-19(10-16)23(27,28)29)34-13-21(17-5-3-2-4-6-17)8-7-20(12-32-21)31-14-33-30/h2-6,9-11,14-15,20,32H,7-8,12-13,30H2,1H3,(H,31,33)/t15-,20?,21-/m1/s1. The van der Waals surface area contributed by atoms with Crippen LogP contribution in [-0.2, 0) is 22.6 Å². The number of rotatable bonds is 7. The summed E-state index contributed by atoms with van der Waals surface area (Å²) in [6, 6.07) is 10.8. The van der Waals surface area contributed by atoms with Gasteiger partial charge < -0.3 is 15.5 Å². The summed E-state index contributed by atoms with van der Waals surface area (Å²) in [4.78, 5) is 4.29. The third-order valence-electron chi connectivity index (χ3n) is 5.93. The molecule has 0 saturated carbocycles. The highest BCUT2D eigenvalue weighted by Crippen LogP contribution is 2.39. The van der Waals surface area contributed by atoms with Crippen LogP contribution < -0.4 is 16.6 Å². The van der Waals surface area contributed by atoms with Gasteiger partial charge in [-0.3, -0.25) is 4.99 Å². The van der Waals surface area contributed by atoms with E-state index < -0.39 is 35.1 Å². The SMILES string of the molecule is C[C@@H](OC[C@@]1(c2ccccc2)CCC(N=CNN)CN1)c1cc(C(F)(F)F)cc(C(F)(F)F)c1. The zero-order valence-electron chi connectivity index (χ0n) is 18.4. The van der Waals surface area contributed by atoms with Crippen molar-refractivity contribution >= 4 is 6.34 Å². The molecule has 0 aliphatic carbocycles. The van der Waals surface area contributed by atoms with Crippen LogP contribution in [0.5, 0.6) is 0 Å². The van der Waals surface area contributed by atoms with Crippen molar-refractivity contribution in [3.05, 3.63) is 70.8 Å². The molecule has 1 saturated heterocycles. The Hall–Kier alpha value is -2.63. The van der Waals surface area contributed by atoms with E-state index in [0.29, 0.717) is 31.5 Å². The molecule has 2 aromatic carbocycles. The Bertz CT molecular complexity index is 937. The van der Waals surface area contributed by atoms with E-state index in [0.717, 1.165) is 5.56 Å². The number of hydrogen-bond acceptors (Lipinski definition) is 4. The van der Waals surface area contributed by atoms with Crippen LogP contribution in [0.15, 0.2) is 53.5 Å². The van der Waals surface area contributed by atoms with Crippen molar-refractivity contribution in [2.24, 2.45) is 10.8 Å². The normalized spacial score (nSPS) is 22.6. The lowest BCUT2D eigenvalue weighted by Gasteiger charge is -2.41. The zero-order valence-corrected chi connectivity index (χ0v) is 18.4. The number of nitrogens with two attached hydrogens (primary N) is 1. The van der Waals surface area contributed by atoms with Gasteiger partial charge in [0.05, 0.1) is 41.8 Å². The smallest absolute Gasteiger partial charge is 0.372 e. The van der Waals surface area contributed by atoms with Crippen LogP contribution in [0.25, 0.3) is 0 Å². The molecule has 34 heavy (non-hydrogen) atoms. The number of alkyl halides is 6. The molecule has 0 bridgehead atoms. The fraction of sp³-hybridized carbons (Fsp3) is 0.435. The van der Waals surface area contributed by atoms with E-state index in [1.165, 1.54) is 13.3 Å². The van der Waals surface area contributed by atoms with Gasteiger partial charge in [0, 0.05) is 6.54 Å². The summed E-state index contributed by atoms with van der Waals surface area (Å²) in [5, 5.41) is 3.42. The molecule has 1 unspecified atom stereocenters. The number of nitrogens with zero attached hydrogens (tertiary/aromatic N) is 1. The van der Waals surface area contributed by atoms with Crippen molar-refractivity contribution in [1.29, 1.82) is 0 Å². The van der Waals surface area contributed by atoms with Crippen LogP contribution >= 0.6 is 0 Å². The predicted molar refractivity (Wildman–Crippen MR) is 116 cm³/mol. The fourth-order valence-corrected chi connectivity index (χ4v) is 3.98. The first-order valence-corrected chi connectivity index (χ1v) is 10.6. The number of ether oxygens (including phenoxy) is 1. The maximum absolute atomic E-state index is 13.2. The largest absolute Gasteiger partial charge is 0.416 e. The number of nitrogens with one attached hydrogen (secondary N) is 2. The average molecular weight is 488 g/mol. The molecule has 0 aromatic heterocycles. The highest BCUT2D eigenvalue weighted by atomic mass is 19.4. The second-order valence-electron chi connectivity index (χ2n) is 8.26. The first-order valence-electron chi connectivity index (χ1n) is 10.6. The summed E-state index contributed by atoms with van der Waals surface area (Å²) in [5.41, 5.74) is -0.346. The van der Waals surface area contributed by atoms with Crippen molar-refractivity contribution in [1.82, 2.24) is 10.7 Å². The van der Waals surface area contributed by atoms with Crippen LogP contribution in [0.4, 0.5) is 26.3 Å². The number of benzene rings is 2. The molecule has 0 amide bonds. The third kappa shape index (κ3) is 6.28. The maximum Gasteiger partial charge on any atom is 0.416 e. The Balaban J connectivity index is 1.84. The minimum Gasteiger partial charge on any atom is -0.372 e. The van der Waals surface area contributed by atoms with Gasteiger partial charge in [-0.05, 0) is 49.1 Å². The van der Waals surface area contributed by atoms with Gasteiger partial charge in [-0.2, -0.15) is 26.3 Å². The lowest BCUT2D eigenvalue weighted by atomic mass is 9.81. The van der Waals surface area contributed by atoms with E-state index in [-0.39, 0.29) is 24.3 Å². The monoisotopic (exact) mass is 488 g/mol. The number of hydrogen-bond donors (Lipinski definition) is 3. The molecule has 11 heteroatoms. The fourth-order valence-electron chi connectivity index (χ4n) is 3.98. The Morgan fingerprint density at radius 3 is 2.24 bits per heavy atom. The average Bonchev–Trinajstić information content (AvgIpc) is 2.81. The Labute approximate surface area is 193 Å². The molecule has 1 heterocycles. The highest BCUT2D eigenvalue weighted by molar-refractivity contribution is 5.53. The molecular weight excluding hydrogens is 462 g/mol. The zero-order chi connectivity index (χ0) is 25.0. The molecule has 3 atom stereocenters. The van der Waals surface area contributed by atoms with E-state index >= 15 is 0 Å². The molecule has 4 N–H and O–H groups in total. The van der Waals surface area contributed by atoms with Crippen molar-refractivity contribution < 1.29 is 31.1 Å². The molecule has 186 valence electrons. The van der Waals surface area contributed by atoms with E-state index in [1.54, 1.807) is 0 Å². The third-order valence-corrected chi connectivity index (χ3v) is 5.93. The second kappa shape index (κ2) is 10.3. The summed E-state index contributed by atoms with van der Waals surface area (Å²) >= 11 is 0. The summed E-state index contributed by atoms with van der Waals surface area (Å²) in [5.74, 6) is 5.22. The van der Waals surface area contributed by atoms with Crippen LogP contribution in [0.1, 0.15) is 48.1 Å². The second-order valence-corrected chi connectivity index (χ2v) is 8.26. The van der Waals surface area contributed by atoms with Gasteiger partial charge in [-0.15, -0.1) is 0 Å². The quantitative estimate of drug-likeness (QED) is 0.170. The minimum atomic E-state index is -4.92. The first-order chi connectivity index (χ1) is 15.9. The summed E-state index contributed by atoms with van der Waals surface area (Å²) in [7, 11) is 0. The van der Waals surface area contributed by atoms with Gasteiger partial charge in [0.25, 0.3) is 0 Å². The number of hydrazine groups is 1. The van der Waals surface area contributed by atoms with Crippen LogP contribution in [-0.4, -0.2) is 25.5 Å². The van der Waals surface area contributed by atoms with Gasteiger partial charge in [0.15, 0.2) is 0 Å². The lowest BCUT2D eigenvalue weighted by molar-refractivity contribution is -0.143. The number of aliphatic imine (C=N–C) groups is 1. The Morgan fingerprint density at radius 2 is 1.74 bits per heavy atom. The van der Waals surface area contributed by atoms with E-state index in [2.05, 4.69) is 15.7 Å².